The smallest absolute Gasteiger partial charge is 0.303 e. The number of esters is 3. The maximum absolute atomic E-state index is 17.9. The van der Waals surface area contributed by atoms with Crippen molar-refractivity contribution in [3.05, 3.63) is 23.8 Å². The largest absolute Gasteiger partial charge is 0.459 e. The Balaban J connectivity index is 1.89. The summed E-state index contributed by atoms with van der Waals surface area (Å²) in [5.41, 5.74) is -5.41. The van der Waals surface area contributed by atoms with Crippen LogP contribution in [0.15, 0.2) is 23.8 Å². The molecule has 0 radical (unpaired) electrons. The van der Waals surface area contributed by atoms with E-state index in [1.54, 1.807) is 26.8 Å². The number of Topliss-reactive ketones (excluding diaryl/α,β-unsaturated/α-hetero) is 1. The van der Waals surface area contributed by atoms with Gasteiger partial charge in [0.15, 0.2) is 23.7 Å². The molecule has 4 aliphatic rings. The highest BCUT2D eigenvalue weighted by atomic mass is 19.1. The van der Waals surface area contributed by atoms with E-state index < -0.39 is 76.3 Å². The van der Waals surface area contributed by atoms with E-state index in [9.17, 15) is 24.0 Å². The molecule has 0 unspecified atom stereocenters. The molecule has 4 aliphatic carbocycles. The van der Waals surface area contributed by atoms with Crippen LogP contribution in [0.4, 0.5) is 4.39 Å². The minimum Gasteiger partial charge on any atom is -0.459 e. The number of ether oxygens (including phenoxy) is 3. The van der Waals surface area contributed by atoms with Crippen LogP contribution in [0.5, 0.6) is 0 Å². The quantitative estimate of drug-likeness (QED) is 0.401. The summed E-state index contributed by atoms with van der Waals surface area (Å²) in [5.74, 6) is -4.37. The van der Waals surface area contributed by atoms with Crippen molar-refractivity contribution in [2.45, 2.75) is 84.6 Å². The molecule has 8 nitrogen and oxygen atoms in total. The lowest BCUT2D eigenvalue weighted by Crippen LogP contribution is -2.70. The average Bonchev–Trinajstić information content (AvgIpc) is 3.00. The molecule has 0 N–H and O–H groups in total. The van der Waals surface area contributed by atoms with Crippen molar-refractivity contribution in [2.24, 2.45) is 28.6 Å². The normalized spacial score (nSPS) is 42.0. The summed E-state index contributed by atoms with van der Waals surface area (Å²) in [6.07, 6.45) is 4.28. The molecule has 9 heteroatoms. The van der Waals surface area contributed by atoms with Crippen molar-refractivity contribution < 1.29 is 42.6 Å². The van der Waals surface area contributed by atoms with Gasteiger partial charge in [-0.15, -0.1) is 0 Å². The van der Waals surface area contributed by atoms with Crippen LogP contribution >= 0.6 is 0 Å². The summed E-state index contributed by atoms with van der Waals surface area (Å²) in [5, 5.41) is 0. The molecule has 0 heterocycles. The number of allylic oxidation sites excluding steroid dienone is 4. The van der Waals surface area contributed by atoms with Gasteiger partial charge in [-0.3, -0.25) is 24.0 Å². The van der Waals surface area contributed by atoms with E-state index >= 15 is 4.39 Å². The minimum atomic E-state index is -2.06. The van der Waals surface area contributed by atoms with E-state index in [2.05, 4.69) is 0 Å². The van der Waals surface area contributed by atoms with E-state index in [0.717, 1.165) is 0 Å². The van der Waals surface area contributed by atoms with Gasteiger partial charge < -0.3 is 14.2 Å². The van der Waals surface area contributed by atoms with Gasteiger partial charge in [0.25, 0.3) is 0 Å². The van der Waals surface area contributed by atoms with Gasteiger partial charge in [0, 0.05) is 43.4 Å². The molecule has 0 aromatic heterocycles. The first-order chi connectivity index (χ1) is 17.1. The van der Waals surface area contributed by atoms with E-state index in [4.69, 9.17) is 14.2 Å². The van der Waals surface area contributed by atoms with Crippen molar-refractivity contribution >= 4 is 29.5 Å². The van der Waals surface area contributed by atoms with Crippen LogP contribution in [-0.4, -0.2) is 53.5 Å². The summed E-state index contributed by atoms with van der Waals surface area (Å²) >= 11 is 0. The third kappa shape index (κ3) is 3.71. The molecule has 3 fully saturated rings. The lowest BCUT2D eigenvalue weighted by atomic mass is 9.44. The van der Waals surface area contributed by atoms with Crippen molar-refractivity contribution in [3.63, 3.8) is 0 Å². The van der Waals surface area contributed by atoms with E-state index in [1.807, 2.05) is 0 Å². The predicted octanol–water partition coefficient (Wildman–Crippen LogP) is 3.61. The number of halogens is 1. The zero-order valence-corrected chi connectivity index (χ0v) is 22.2. The molecule has 202 valence electrons. The Morgan fingerprint density at radius 2 is 1.73 bits per heavy atom. The second-order valence-electron chi connectivity index (χ2n) is 11.5. The van der Waals surface area contributed by atoms with Gasteiger partial charge in [0.05, 0.1) is 0 Å². The highest BCUT2D eigenvalue weighted by Crippen LogP contribution is 2.71. The summed E-state index contributed by atoms with van der Waals surface area (Å²) in [4.78, 5) is 62.1. The Bertz CT molecular complexity index is 1130. The molecule has 0 aromatic rings. The fourth-order valence-electron chi connectivity index (χ4n) is 8.19. The second kappa shape index (κ2) is 8.88. The van der Waals surface area contributed by atoms with Crippen LogP contribution in [0, 0.1) is 28.6 Å². The number of rotatable bonds is 5. The van der Waals surface area contributed by atoms with E-state index in [-0.39, 0.29) is 12.2 Å². The fourth-order valence-corrected chi connectivity index (χ4v) is 8.19. The Hall–Kier alpha value is -2.84. The first kappa shape index (κ1) is 27.2. The first-order valence-electron chi connectivity index (χ1n) is 12.8. The van der Waals surface area contributed by atoms with Crippen molar-refractivity contribution in [1.82, 2.24) is 0 Å². The topological polar surface area (TPSA) is 113 Å². The Labute approximate surface area is 216 Å². The van der Waals surface area contributed by atoms with Gasteiger partial charge in [0.1, 0.15) is 6.10 Å². The predicted molar refractivity (Wildman–Crippen MR) is 129 cm³/mol. The minimum absolute atomic E-state index is 0.0850. The number of hydrogen-bond donors (Lipinski definition) is 0. The van der Waals surface area contributed by atoms with Gasteiger partial charge in [-0.05, 0) is 50.7 Å². The monoisotopic (exact) mass is 518 g/mol. The van der Waals surface area contributed by atoms with E-state index in [1.165, 1.54) is 32.9 Å². The zero-order chi connectivity index (χ0) is 27.6. The van der Waals surface area contributed by atoms with Crippen molar-refractivity contribution in [2.75, 3.05) is 6.61 Å². The van der Waals surface area contributed by atoms with Gasteiger partial charge in [0.2, 0.25) is 5.78 Å². The molecule has 0 spiro atoms. The molecule has 0 aliphatic heterocycles. The number of carbonyl (C=O) groups is 5. The maximum Gasteiger partial charge on any atom is 0.303 e. The summed E-state index contributed by atoms with van der Waals surface area (Å²) in [6, 6.07) is 0. The van der Waals surface area contributed by atoms with Crippen LogP contribution < -0.4 is 0 Å². The summed E-state index contributed by atoms with van der Waals surface area (Å²) in [7, 11) is 0. The number of alkyl halides is 1. The third-order valence-corrected chi connectivity index (χ3v) is 9.59. The number of hydrogen-bond acceptors (Lipinski definition) is 8. The fraction of sp³-hybridized carbons (Fsp3) is 0.679. The zero-order valence-electron chi connectivity index (χ0n) is 22.2. The molecule has 0 aromatic carbocycles. The third-order valence-electron chi connectivity index (χ3n) is 9.59. The standard InChI is InChI=1S/C28H35FO8/c1-15-11-22-21-8-7-19-12-20(33)9-10-25(19,5)27(21,29)24(36-17(3)31)13-26(22,6)28(15,37-18(4)32)23(34)14-35-16(2)30/h9-10,12,15,21-22,24H,7-8,11,13-14H2,1-6H3/t15-,21+,22-,24-,25+,26+,27+,28+/m1/s1. The molecular formula is C28H35FO8. The van der Waals surface area contributed by atoms with Crippen LogP contribution in [0.25, 0.3) is 0 Å². The Morgan fingerprint density at radius 3 is 2.32 bits per heavy atom. The maximum atomic E-state index is 17.9. The highest BCUT2D eigenvalue weighted by molar-refractivity contribution is 6.01. The summed E-state index contributed by atoms with van der Waals surface area (Å²) in [6.45, 7) is 8.31. The van der Waals surface area contributed by atoms with Gasteiger partial charge >= 0.3 is 17.9 Å². The van der Waals surface area contributed by atoms with E-state index in [0.29, 0.717) is 24.8 Å². The molecule has 0 amide bonds. The van der Waals surface area contributed by atoms with Crippen LogP contribution in [0.3, 0.4) is 0 Å². The first-order valence-corrected chi connectivity index (χ1v) is 12.8. The Kier molecular flexibility index (Phi) is 6.53. The molecule has 0 saturated heterocycles. The summed E-state index contributed by atoms with van der Waals surface area (Å²) < 4.78 is 34.4. The second-order valence-corrected chi connectivity index (χ2v) is 11.5. The molecule has 4 rings (SSSR count). The number of ketones is 2. The SMILES string of the molecule is CC(=O)OCC(=O)[C@@]1(OC(C)=O)[C@H](C)C[C@@H]2[C@@H]3CCC4=CC(=O)C=C[C@]4(C)[C@@]3(F)[C@H](OC(C)=O)C[C@@]21C. The van der Waals surface area contributed by atoms with Crippen LogP contribution in [0.2, 0.25) is 0 Å². The molecular weight excluding hydrogens is 483 g/mol. The highest BCUT2D eigenvalue weighted by Gasteiger charge is 2.78. The average molecular weight is 519 g/mol. The Morgan fingerprint density at radius 1 is 1.05 bits per heavy atom. The number of fused-ring (bicyclic) bond motifs is 5. The van der Waals surface area contributed by atoms with Crippen molar-refractivity contribution in [3.8, 4) is 0 Å². The molecule has 8 atom stereocenters. The molecule has 0 bridgehead atoms. The van der Waals surface area contributed by atoms with Crippen LogP contribution in [-0.2, 0) is 38.2 Å². The lowest BCUT2D eigenvalue weighted by Gasteiger charge is -2.63. The number of carbonyl (C=O) groups excluding carboxylic acids is 5. The molecule has 3 saturated carbocycles. The van der Waals surface area contributed by atoms with Gasteiger partial charge in [-0.2, -0.15) is 0 Å². The molecule has 37 heavy (non-hydrogen) atoms. The lowest BCUT2D eigenvalue weighted by molar-refractivity contribution is -0.235. The van der Waals surface area contributed by atoms with Gasteiger partial charge in [-0.25, -0.2) is 4.39 Å². The van der Waals surface area contributed by atoms with Crippen LogP contribution in [0.1, 0.15) is 67.2 Å². The van der Waals surface area contributed by atoms with Crippen molar-refractivity contribution in [1.29, 1.82) is 0 Å². The van der Waals surface area contributed by atoms with Gasteiger partial charge in [-0.1, -0.05) is 25.5 Å².